The predicted octanol–water partition coefficient (Wildman–Crippen LogP) is -4.20. The fourth-order valence-corrected chi connectivity index (χ4v) is 5.43. The minimum atomic E-state index is -1.41. The van der Waals surface area contributed by atoms with Gasteiger partial charge in [0.2, 0.25) is 0 Å². The van der Waals surface area contributed by atoms with Crippen LogP contribution < -0.4 is 45.7 Å². The number of anilines is 1. The Bertz CT molecular complexity index is 873. The standard InChI is InChI=1S/C14H15N5O5S3.Na/c1-24-18-7(5-3-27-14(15)16-5)10(20)17-8-11(21)19-9(13(22)23)6(25-2)4-26-12(8)19;/h3,8,12H,4H2,1-2H3,(H2,15,16)(H,17,20)(H,22,23);/q;+1/p-1/b18-7-;/t8?,12-;/m1./s1. The molecule has 0 radical (unpaired) electrons. The number of carbonyl (C=O) groups excluding carboxylic acids is 3. The van der Waals surface area contributed by atoms with Gasteiger partial charge in [0.05, 0.1) is 11.7 Å². The Kier molecular flexibility index (Phi) is 7.81. The molecule has 1 saturated heterocycles. The number of carboxylic acids is 1. The summed E-state index contributed by atoms with van der Waals surface area (Å²) in [5.41, 5.74) is 5.53. The molecule has 1 fully saturated rings. The molecule has 3 rings (SSSR count). The fraction of sp³-hybridized carbons (Fsp3) is 0.357. The van der Waals surface area contributed by atoms with Gasteiger partial charge < -0.3 is 25.8 Å². The molecular formula is C14H14N5NaO5S3. The first-order chi connectivity index (χ1) is 12.9. The Balaban J connectivity index is 0.00000280. The number of nitrogen functional groups attached to an aromatic ring is 1. The number of oxime groups is 1. The van der Waals surface area contributed by atoms with Crippen molar-refractivity contribution in [3.63, 3.8) is 0 Å². The monoisotopic (exact) mass is 451 g/mol. The third-order valence-electron chi connectivity index (χ3n) is 3.82. The summed E-state index contributed by atoms with van der Waals surface area (Å²) in [7, 11) is 1.27. The van der Waals surface area contributed by atoms with Crippen molar-refractivity contribution < 1.29 is 53.9 Å². The largest absolute Gasteiger partial charge is 1.00 e. The van der Waals surface area contributed by atoms with E-state index < -0.39 is 29.2 Å². The molecule has 3 heterocycles. The molecule has 0 saturated carbocycles. The molecular weight excluding hydrogens is 437 g/mol. The van der Waals surface area contributed by atoms with Gasteiger partial charge in [-0.05, 0) is 6.26 Å². The van der Waals surface area contributed by atoms with E-state index in [0.29, 0.717) is 10.7 Å². The molecule has 0 spiro atoms. The van der Waals surface area contributed by atoms with Crippen molar-refractivity contribution in [1.82, 2.24) is 15.2 Å². The van der Waals surface area contributed by atoms with Crippen LogP contribution in [0.3, 0.4) is 0 Å². The number of nitrogens with two attached hydrogens (primary N) is 1. The van der Waals surface area contributed by atoms with Gasteiger partial charge in [0.1, 0.15) is 24.2 Å². The van der Waals surface area contributed by atoms with Crippen molar-refractivity contribution in [1.29, 1.82) is 0 Å². The van der Waals surface area contributed by atoms with Gasteiger partial charge in [0.25, 0.3) is 11.8 Å². The maximum atomic E-state index is 12.6. The Labute approximate surface area is 194 Å². The van der Waals surface area contributed by atoms with Crippen molar-refractivity contribution in [2.45, 2.75) is 11.4 Å². The van der Waals surface area contributed by atoms with Crippen molar-refractivity contribution >= 4 is 63.5 Å². The average molecular weight is 451 g/mol. The number of aliphatic carboxylic acids is 1. The van der Waals surface area contributed by atoms with Crippen LogP contribution in [0.5, 0.6) is 0 Å². The molecule has 1 aromatic rings. The van der Waals surface area contributed by atoms with Crippen molar-refractivity contribution in [2.24, 2.45) is 5.16 Å². The Morgan fingerprint density at radius 2 is 2.25 bits per heavy atom. The molecule has 144 valence electrons. The quantitative estimate of drug-likeness (QED) is 0.190. The molecule has 2 aliphatic rings. The number of carboxylic acid groups (broad SMARTS) is 1. The summed E-state index contributed by atoms with van der Waals surface area (Å²) in [5.74, 6) is -2.20. The van der Waals surface area contributed by atoms with Crippen LogP contribution in [0.15, 0.2) is 21.1 Å². The minimum absolute atomic E-state index is 0. The van der Waals surface area contributed by atoms with Crippen LogP contribution in [-0.2, 0) is 19.2 Å². The van der Waals surface area contributed by atoms with Crippen LogP contribution in [0.4, 0.5) is 5.13 Å². The topological polar surface area (TPSA) is 150 Å². The number of aromatic nitrogens is 1. The minimum Gasteiger partial charge on any atom is -0.543 e. The molecule has 0 aromatic carbocycles. The first kappa shape index (κ1) is 23.0. The fourth-order valence-electron chi connectivity index (χ4n) is 2.64. The van der Waals surface area contributed by atoms with Crippen LogP contribution in [-0.4, -0.2) is 63.9 Å². The molecule has 28 heavy (non-hydrogen) atoms. The van der Waals surface area contributed by atoms with Crippen LogP contribution in [0, 0.1) is 0 Å². The smallest absolute Gasteiger partial charge is 0.543 e. The molecule has 1 unspecified atom stereocenters. The van der Waals surface area contributed by atoms with Crippen LogP contribution in [0.25, 0.3) is 0 Å². The van der Waals surface area contributed by atoms with E-state index >= 15 is 0 Å². The van der Waals surface area contributed by atoms with Gasteiger partial charge in [-0.1, -0.05) is 5.16 Å². The SMILES string of the molecule is CO/N=C(\C(=O)NC1C(=O)N2C(C(=O)[O-])=C(SC)CS[C@H]12)c1csc(N)n1.[Na+]. The summed E-state index contributed by atoms with van der Waals surface area (Å²) >= 11 is 3.74. The van der Waals surface area contributed by atoms with Gasteiger partial charge >= 0.3 is 29.6 Å². The molecule has 2 atom stereocenters. The molecule has 2 amide bonds. The van der Waals surface area contributed by atoms with E-state index in [4.69, 9.17) is 5.73 Å². The Morgan fingerprint density at radius 3 is 2.79 bits per heavy atom. The van der Waals surface area contributed by atoms with Crippen molar-refractivity contribution in [3.8, 4) is 0 Å². The number of nitrogens with one attached hydrogen (secondary N) is 1. The van der Waals surface area contributed by atoms with E-state index in [2.05, 4.69) is 20.3 Å². The van der Waals surface area contributed by atoms with Gasteiger partial charge in [-0.25, -0.2) is 4.98 Å². The summed E-state index contributed by atoms with van der Waals surface area (Å²) in [5, 5.41) is 18.9. The van der Waals surface area contributed by atoms with E-state index in [0.717, 1.165) is 16.2 Å². The Morgan fingerprint density at radius 1 is 1.54 bits per heavy atom. The summed E-state index contributed by atoms with van der Waals surface area (Å²) < 4.78 is 0. The zero-order valence-corrected chi connectivity index (χ0v) is 19.6. The summed E-state index contributed by atoms with van der Waals surface area (Å²) in [6.45, 7) is 0. The summed E-state index contributed by atoms with van der Waals surface area (Å²) in [4.78, 5) is 46.9. The predicted molar refractivity (Wildman–Crippen MR) is 101 cm³/mol. The number of nitrogens with zero attached hydrogens (tertiary/aromatic N) is 3. The van der Waals surface area contributed by atoms with Gasteiger partial charge in [-0.2, -0.15) is 0 Å². The normalized spacial score (nSPS) is 21.4. The first-order valence-corrected chi connectivity index (χ1v) is 10.6. The maximum Gasteiger partial charge on any atom is 1.00 e. The van der Waals surface area contributed by atoms with Gasteiger partial charge in [0, 0.05) is 16.0 Å². The van der Waals surface area contributed by atoms with Gasteiger partial charge in [-0.3, -0.25) is 14.5 Å². The third-order valence-corrected chi connectivity index (χ3v) is 6.79. The second-order valence-electron chi connectivity index (χ2n) is 5.32. The van der Waals surface area contributed by atoms with E-state index in [1.165, 1.54) is 30.6 Å². The first-order valence-electron chi connectivity index (χ1n) is 7.45. The molecule has 14 heteroatoms. The molecule has 10 nitrogen and oxygen atoms in total. The summed E-state index contributed by atoms with van der Waals surface area (Å²) in [6, 6.07) is -0.890. The number of amides is 2. The molecule has 2 aliphatic heterocycles. The van der Waals surface area contributed by atoms with Crippen LogP contribution in [0.1, 0.15) is 5.69 Å². The third kappa shape index (κ3) is 4.19. The number of thiazole rings is 1. The number of rotatable bonds is 6. The number of β-lactam (4-membered cyclic amide) rings is 1. The average Bonchev–Trinajstić information content (AvgIpc) is 3.08. The van der Waals surface area contributed by atoms with Crippen LogP contribution in [0.2, 0.25) is 0 Å². The molecule has 0 bridgehead atoms. The number of fused-ring (bicyclic) bond motifs is 1. The van der Waals surface area contributed by atoms with E-state index in [-0.39, 0.29) is 51.8 Å². The second kappa shape index (κ2) is 9.50. The van der Waals surface area contributed by atoms with Crippen LogP contribution >= 0.6 is 34.9 Å². The second-order valence-corrected chi connectivity index (χ2v) is 8.21. The van der Waals surface area contributed by atoms with Crippen molar-refractivity contribution in [3.05, 3.63) is 21.7 Å². The Hall–Kier alpha value is -1.25. The summed E-state index contributed by atoms with van der Waals surface area (Å²) in [6.07, 6.45) is 1.73. The molecule has 3 N–H and O–H groups in total. The zero-order valence-electron chi connectivity index (χ0n) is 15.1. The zero-order chi connectivity index (χ0) is 19.7. The van der Waals surface area contributed by atoms with Crippen molar-refractivity contribution in [2.75, 3.05) is 24.9 Å². The van der Waals surface area contributed by atoms with Gasteiger partial charge in [-0.15, -0.1) is 34.9 Å². The number of hydrogen-bond acceptors (Lipinski definition) is 11. The molecule has 0 aliphatic carbocycles. The number of hydrogen-bond donors (Lipinski definition) is 2. The number of thioether (sulfide) groups is 2. The maximum absolute atomic E-state index is 12.6. The van der Waals surface area contributed by atoms with E-state index in [1.54, 1.807) is 11.6 Å². The van der Waals surface area contributed by atoms with Gasteiger partial charge in [0.15, 0.2) is 10.8 Å². The molecule has 1 aromatic heterocycles. The van der Waals surface area contributed by atoms with E-state index in [9.17, 15) is 19.5 Å². The van der Waals surface area contributed by atoms with E-state index in [1.807, 2.05) is 0 Å². The number of carbonyl (C=O) groups is 3.